The molecule has 0 saturated carbocycles. The molecule has 158 valence electrons. The molecule has 0 radical (unpaired) electrons. The molecular formula is C22H24ClFN4O2. The van der Waals surface area contributed by atoms with E-state index in [9.17, 15) is 14.0 Å². The average Bonchev–Trinajstić information content (AvgIpc) is 2.70. The van der Waals surface area contributed by atoms with Gasteiger partial charge in [-0.05, 0) is 55.3 Å². The van der Waals surface area contributed by atoms with Gasteiger partial charge in [-0.1, -0.05) is 11.6 Å². The van der Waals surface area contributed by atoms with Crippen LogP contribution in [0.15, 0.2) is 36.4 Å². The van der Waals surface area contributed by atoms with Gasteiger partial charge in [0.15, 0.2) is 0 Å². The summed E-state index contributed by atoms with van der Waals surface area (Å²) in [6, 6.07) is 10.5. The normalized spacial score (nSPS) is 19.2. The summed E-state index contributed by atoms with van der Waals surface area (Å²) in [6.07, 6.45) is 1.14. The van der Waals surface area contributed by atoms with E-state index in [4.69, 9.17) is 11.6 Å². The molecule has 30 heavy (non-hydrogen) atoms. The molecule has 1 fully saturated rings. The molecule has 2 N–H and O–H groups in total. The highest BCUT2D eigenvalue weighted by Crippen LogP contribution is 2.27. The monoisotopic (exact) mass is 430 g/mol. The molecule has 0 aromatic heterocycles. The second-order valence-corrected chi connectivity index (χ2v) is 8.25. The third kappa shape index (κ3) is 4.57. The molecule has 2 aliphatic heterocycles. The molecule has 4 rings (SSSR count). The van der Waals surface area contributed by atoms with Crippen LogP contribution in [0, 0.1) is 5.82 Å². The maximum absolute atomic E-state index is 13.8. The predicted molar refractivity (Wildman–Crippen MR) is 117 cm³/mol. The minimum Gasteiger partial charge on any atom is -0.366 e. The molecule has 2 aromatic rings. The standard InChI is InChI=1S/C22H24ClFN4O2/c1-14-12-27(8-9-28(14)17-4-5-18(23)19(24)11-17)13-22(30)25-16-3-6-20-15(10-16)2-7-21(29)26-20/h3-6,10-11,14H,2,7-9,12-13H2,1H3,(H,25,30)(H,26,29)/t14-/m1/s1. The largest absolute Gasteiger partial charge is 0.366 e. The van der Waals surface area contributed by atoms with Crippen molar-refractivity contribution in [2.24, 2.45) is 0 Å². The smallest absolute Gasteiger partial charge is 0.238 e. The Balaban J connectivity index is 1.32. The first-order valence-corrected chi connectivity index (χ1v) is 10.4. The van der Waals surface area contributed by atoms with Gasteiger partial charge in [-0.15, -0.1) is 0 Å². The van der Waals surface area contributed by atoms with Gasteiger partial charge in [0.1, 0.15) is 5.82 Å². The minimum atomic E-state index is -0.423. The van der Waals surface area contributed by atoms with Crippen LogP contribution in [0.3, 0.4) is 0 Å². The average molecular weight is 431 g/mol. The van der Waals surface area contributed by atoms with E-state index in [1.165, 1.54) is 6.07 Å². The van der Waals surface area contributed by atoms with E-state index in [2.05, 4.69) is 27.4 Å². The summed E-state index contributed by atoms with van der Waals surface area (Å²) in [7, 11) is 0. The summed E-state index contributed by atoms with van der Waals surface area (Å²) in [6.45, 7) is 4.47. The number of hydrogen-bond acceptors (Lipinski definition) is 4. The zero-order chi connectivity index (χ0) is 21.3. The summed E-state index contributed by atoms with van der Waals surface area (Å²) < 4.78 is 13.8. The Hall–Kier alpha value is -2.64. The van der Waals surface area contributed by atoms with Crippen LogP contribution in [0.4, 0.5) is 21.5 Å². The SMILES string of the molecule is C[C@@H]1CN(CC(=O)Nc2ccc3c(c2)CCC(=O)N3)CCN1c1ccc(Cl)c(F)c1. The molecule has 1 atom stereocenters. The van der Waals surface area contributed by atoms with E-state index in [0.717, 1.165) is 22.6 Å². The summed E-state index contributed by atoms with van der Waals surface area (Å²) in [5.41, 5.74) is 3.38. The Bertz CT molecular complexity index is 984. The number of carbonyl (C=O) groups excluding carboxylic acids is 2. The fourth-order valence-corrected chi connectivity index (χ4v) is 4.21. The molecule has 2 heterocycles. The van der Waals surface area contributed by atoms with E-state index < -0.39 is 5.82 Å². The zero-order valence-corrected chi connectivity index (χ0v) is 17.5. The number of aryl methyl sites for hydroxylation is 1. The summed E-state index contributed by atoms with van der Waals surface area (Å²) >= 11 is 5.78. The van der Waals surface area contributed by atoms with Crippen molar-refractivity contribution in [3.63, 3.8) is 0 Å². The molecule has 1 saturated heterocycles. The molecule has 8 heteroatoms. The van der Waals surface area contributed by atoms with Crippen LogP contribution < -0.4 is 15.5 Å². The molecule has 0 aliphatic carbocycles. The van der Waals surface area contributed by atoms with Gasteiger partial charge in [-0.25, -0.2) is 4.39 Å². The van der Waals surface area contributed by atoms with Crippen molar-refractivity contribution in [2.75, 3.05) is 41.7 Å². The minimum absolute atomic E-state index is 0.0221. The molecule has 2 aromatic carbocycles. The number of halogens is 2. The predicted octanol–water partition coefficient (Wildman–Crippen LogP) is 3.51. The fourth-order valence-electron chi connectivity index (χ4n) is 4.09. The van der Waals surface area contributed by atoms with Crippen molar-refractivity contribution < 1.29 is 14.0 Å². The molecule has 6 nitrogen and oxygen atoms in total. The number of fused-ring (bicyclic) bond motifs is 1. The third-order valence-electron chi connectivity index (χ3n) is 5.60. The number of amides is 2. The summed E-state index contributed by atoms with van der Waals surface area (Å²) in [4.78, 5) is 28.2. The Kier molecular flexibility index (Phi) is 5.92. The third-order valence-corrected chi connectivity index (χ3v) is 5.90. The fraction of sp³-hybridized carbons (Fsp3) is 0.364. The number of nitrogens with one attached hydrogen (secondary N) is 2. The number of nitrogens with zero attached hydrogens (tertiary/aromatic N) is 2. The highest BCUT2D eigenvalue weighted by Gasteiger charge is 2.26. The van der Waals surface area contributed by atoms with E-state index in [1.54, 1.807) is 12.1 Å². The maximum atomic E-state index is 13.8. The van der Waals surface area contributed by atoms with Gasteiger partial charge >= 0.3 is 0 Å². The van der Waals surface area contributed by atoms with Crippen LogP contribution >= 0.6 is 11.6 Å². The number of carbonyl (C=O) groups is 2. The number of hydrogen-bond donors (Lipinski definition) is 2. The second-order valence-electron chi connectivity index (χ2n) is 7.84. The van der Waals surface area contributed by atoms with Crippen molar-refractivity contribution >= 4 is 40.5 Å². The lowest BCUT2D eigenvalue weighted by Gasteiger charge is -2.41. The number of piperazine rings is 1. The zero-order valence-electron chi connectivity index (χ0n) is 16.8. The number of anilines is 3. The first-order valence-electron chi connectivity index (χ1n) is 10.1. The lowest BCUT2D eigenvalue weighted by atomic mass is 10.0. The molecular weight excluding hydrogens is 407 g/mol. The number of benzene rings is 2. The molecule has 2 amide bonds. The van der Waals surface area contributed by atoms with Crippen molar-refractivity contribution in [3.05, 3.63) is 52.8 Å². The van der Waals surface area contributed by atoms with Crippen LogP contribution in [0.5, 0.6) is 0 Å². The van der Waals surface area contributed by atoms with Crippen molar-refractivity contribution in [2.45, 2.75) is 25.8 Å². The van der Waals surface area contributed by atoms with Gasteiger partial charge in [0.2, 0.25) is 11.8 Å². The van der Waals surface area contributed by atoms with Crippen molar-refractivity contribution in [3.8, 4) is 0 Å². The Labute approximate surface area is 180 Å². The quantitative estimate of drug-likeness (QED) is 0.779. The maximum Gasteiger partial charge on any atom is 0.238 e. The van der Waals surface area contributed by atoms with E-state index in [-0.39, 0.29) is 22.9 Å². The number of rotatable bonds is 4. The Morgan fingerprint density at radius 3 is 2.83 bits per heavy atom. The lowest BCUT2D eigenvalue weighted by Crippen LogP contribution is -2.53. The van der Waals surface area contributed by atoms with Crippen molar-refractivity contribution in [1.82, 2.24) is 4.90 Å². The highest BCUT2D eigenvalue weighted by molar-refractivity contribution is 6.30. The first kappa shape index (κ1) is 20.6. The van der Waals surface area contributed by atoms with E-state index >= 15 is 0 Å². The second kappa shape index (κ2) is 8.62. The topological polar surface area (TPSA) is 64.7 Å². The van der Waals surface area contributed by atoms with Gasteiger partial charge in [0.25, 0.3) is 0 Å². The Morgan fingerprint density at radius 1 is 1.23 bits per heavy atom. The van der Waals surface area contributed by atoms with Gasteiger partial charge in [-0.3, -0.25) is 14.5 Å². The van der Waals surface area contributed by atoms with Crippen molar-refractivity contribution in [1.29, 1.82) is 0 Å². The summed E-state index contributed by atoms with van der Waals surface area (Å²) in [5.74, 6) is -0.477. The molecule has 0 bridgehead atoms. The van der Waals surface area contributed by atoms with Crippen LogP contribution in [0.1, 0.15) is 18.9 Å². The van der Waals surface area contributed by atoms with Crippen LogP contribution in [0.25, 0.3) is 0 Å². The van der Waals surface area contributed by atoms with Crippen LogP contribution in [0.2, 0.25) is 5.02 Å². The van der Waals surface area contributed by atoms with Crippen LogP contribution in [-0.2, 0) is 16.0 Å². The first-order chi connectivity index (χ1) is 14.4. The van der Waals surface area contributed by atoms with Gasteiger partial charge in [0.05, 0.1) is 11.6 Å². The molecule has 0 spiro atoms. The summed E-state index contributed by atoms with van der Waals surface area (Å²) in [5, 5.41) is 5.91. The lowest BCUT2D eigenvalue weighted by molar-refractivity contribution is -0.118. The van der Waals surface area contributed by atoms with Crippen LogP contribution in [-0.4, -0.2) is 48.9 Å². The highest BCUT2D eigenvalue weighted by atomic mass is 35.5. The Morgan fingerprint density at radius 2 is 2.07 bits per heavy atom. The molecule has 0 unspecified atom stereocenters. The van der Waals surface area contributed by atoms with E-state index in [1.807, 2.05) is 18.2 Å². The van der Waals surface area contributed by atoms with Gasteiger partial charge in [-0.2, -0.15) is 0 Å². The molecule has 2 aliphatic rings. The van der Waals surface area contributed by atoms with E-state index in [0.29, 0.717) is 39.0 Å². The van der Waals surface area contributed by atoms with Gasteiger partial charge in [0, 0.05) is 49.2 Å². The van der Waals surface area contributed by atoms with Gasteiger partial charge < -0.3 is 15.5 Å².